The second-order valence-electron chi connectivity index (χ2n) is 4.93. The Hall–Kier alpha value is -1.09. The molecule has 20 heavy (non-hydrogen) atoms. The molecule has 0 amide bonds. The van der Waals surface area contributed by atoms with Crippen LogP contribution in [0.3, 0.4) is 0 Å². The highest BCUT2D eigenvalue weighted by molar-refractivity contribution is 6.33. The smallest absolute Gasteiger partial charge is 0.123 e. The van der Waals surface area contributed by atoms with Gasteiger partial charge >= 0.3 is 0 Å². The van der Waals surface area contributed by atoms with Crippen molar-refractivity contribution < 1.29 is 4.39 Å². The highest BCUT2D eigenvalue weighted by Crippen LogP contribution is 2.31. The fourth-order valence-corrected chi connectivity index (χ4v) is 2.63. The van der Waals surface area contributed by atoms with Crippen molar-refractivity contribution in [1.29, 1.82) is 0 Å². The molecule has 0 aromatic heterocycles. The molecule has 0 aliphatic heterocycles. The van der Waals surface area contributed by atoms with Crippen molar-refractivity contribution in [1.82, 2.24) is 0 Å². The largest absolute Gasteiger partial charge is 0.321 e. The summed E-state index contributed by atoms with van der Waals surface area (Å²) in [5, 5.41) is 1.23. The molecule has 4 heteroatoms. The van der Waals surface area contributed by atoms with Gasteiger partial charge in [0.05, 0.1) is 0 Å². The zero-order valence-electron chi connectivity index (χ0n) is 11.2. The molecule has 2 aromatic rings. The molecule has 0 aliphatic rings. The molecule has 1 atom stereocenters. The number of nitrogens with two attached hydrogens (primary N) is 1. The Balaban J connectivity index is 2.39. The maximum absolute atomic E-state index is 13.4. The highest BCUT2D eigenvalue weighted by atomic mass is 35.5. The van der Waals surface area contributed by atoms with E-state index in [2.05, 4.69) is 0 Å². The summed E-state index contributed by atoms with van der Waals surface area (Å²) in [5.41, 5.74) is 7.43. The number of hydrogen-bond donors (Lipinski definition) is 1. The molecular formula is C16H16Cl2FN. The van der Waals surface area contributed by atoms with Gasteiger partial charge in [-0.2, -0.15) is 0 Å². The van der Waals surface area contributed by atoms with Crippen LogP contribution < -0.4 is 5.73 Å². The molecule has 2 aromatic carbocycles. The first-order valence-electron chi connectivity index (χ1n) is 6.43. The van der Waals surface area contributed by atoms with E-state index in [0.29, 0.717) is 22.9 Å². The van der Waals surface area contributed by atoms with Gasteiger partial charge in [-0.25, -0.2) is 4.39 Å². The summed E-state index contributed by atoms with van der Waals surface area (Å²) >= 11 is 12.2. The Bertz CT molecular complexity index is 615. The van der Waals surface area contributed by atoms with Gasteiger partial charge in [-0.1, -0.05) is 42.3 Å². The molecule has 2 N–H and O–H groups in total. The van der Waals surface area contributed by atoms with E-state index in [4.69, 9.17) is 28.9 Å². The van der Waals surface area contributed by atoms with Gasteiger partial charge < -0.3 is 5.73 Å². The average molecular weight is 312 g/mol. The van der Waals surface area contributed by atoms with Crippen molar-refractivity contribution in [3.8, 4) is 0 Å². The predicted molar refractivity (Wildman–Crippen MR) is 82.7 cm³/mol. The van der Waals surface area contributed by atoms with Gasteiger partial charge in [0, 0.05) is 15.6 Å². The summed E-state index contributed by atoms with van der Waals surface area (Å²) in [6.07, 6.45) is 1.17. The van der Waals surface area contributed by atoms with Crippen LogP contribution in [0, 0.1) is 5.82 Å². The Morgan fingerprint density at radius 2 is 1.90 bits per heavy atom. The van der Waals surface area contributed by atoms with Crippen LogP contribution in [0.4, 0.5) is 4.39 Å². The number of rotatable bonds is 4. The van der Waals surface area contributed by atoms with Gasteiger partial charge in [-0.15, -0.1) is 0 Å². The van der Waals surface area contributed by atoms with E-state index in [1.54, 1.807) is 24.3 Å². The number of hydrogen-bond acceptors (Lipinski definition) is 1. The minimum absolute atomic E-state index is 0.289. The van der Waals surface area contributed by atoms with E-state index < -0.39 is 5.54 Å². The van der Waals surface area contributed by atoms with Crippen molar-refractivity contribution in [3.05, 3.63) is 69.5 Å². The molecule has 0 bridgehead atoms. The molecule has 1 unspecified atom stereocenters. The van der Waals surface area contributed by atoms with Crippen LogP contribution in [0.1, 0.15) is 24.5 Å². The van der Waals surface area contributed by atoms with Crippen LogP contribution in [0.25, 0.3) is 0 Å². The fraction of sp³-hybridized carbons (Fsp3) is 0.250. The maximum atomic E-state index is 13.4. The van der Waals surface area contributed by atoms with Crippen molar-refractivity contribution in [2.45, 2.75) is 25.3 Å². The van der Waals surface area contributed by atoms with Gasteiger partial charge in [0.15, 0.2) is 0 Å². The molecule has 0 radical (unpaired) electrons. The summed E-state index contributed by atoms with van der Waals surface area (Å²) < 4.78 is 13.4. The van der Waals surface area contributed by atoms with Crippen molar-refractivity contribution in [2.24, 2.45) is 5.73 Å². The molecule has 0 fully saturated rings. The third kappa shape index (κ3) is 3.32. The van der Waals surface area contributed by atoms with E-state index in [1.165, 1.54) is 12.1 Å². The zero-order valence-corrected chi connectivity index (χ0v) is 12.7. The lowest BCUT2D eigenvalue weighted by molar-refractivity contribution is 0.422. The second kappa shape index (κ2) is 6.13. The molecule has 2 rings (SSSR count). The fourth-order valence-electron chi connectivity index (χ4n) is 2.25. The van der Waals surface area contributed by atoms with Crippen molar-refractivity contribution in [2.75, 3.05) is 0 Å². The molecule has 0 heterocycles. The molecule has 0 saturated heterocycles. The summed E-state index contributed by atoms with van der Waals surface area (Å²) in [6.45, 7) is 1.98. The van der Waals surface area contributed by atoms with Gasteiger partial charge in [0.25, 0.3) is 0 Å². The zero-order chi connectivity index (χ0) is 14.8. The third-order valence-corrected chi connectivity index (χ3v) is 4.15. The first-order valence-corrected chi connectivity index (χ1v) is 7.19. The first-order chi connectivity index (χ1) is 9.44. The molecule has 0 saturated carbocycles. The average Bonchev–Trinajstić information content (AvgIpc) is 2.43. The van der Waals surface area contributed by atoms with Gasteiger partial charge in [0.1, 0.15) is 5.82 Å². The Morgan fingerprint density at radius 1 is 1.15 bits per heavy atom. The summed E-state index contributed by atoms with van der Waals surface area (Å²) in [7, 11) is 0. The quantitative estimate of drug-likeness (QED) is 0.850. The SMILES string of the molecule is CCC(N)(Cc1cc(Cl)ccc1Cl)c1cccc(F)c1. The minimum atomic E-state index is -0.670. The highest BCUT2D eigenvalue weighted by Gasteiger charge is 2.27. The van der Waals surface area contributed by atoms with Gasteiger partial charge in [0.2, 0.25) is 0 Å². The van der Waals surface area contributed by atoms with Crippen LogP contribution in [-0.2, 0) is 12.0 Å². The number of benzene rings is 2. The molecular weight excluding hydrogens is 296 g/mol. The summed E-state index contributed by atoms with van der Waals surface area (Å²) in [4.78, 5) is 0. The lowest BCUT2D eigenvalue weighted by atomic mass is 9.82. The van der Waals surface area contributed by atoms with E-state index in [1.807, 2.05) is 13.0 Å². The predicted octanol–water partition coefficient (Wildman–Crippen LogP) is 4.94. The maximum Gasteiger partial charge on any atom is 0.123 e. The van der Waals surface area contributed by atoms with Crippen LogP contribution in [-0.4, -0.2) is 0 Å². The Labute approximate surface area is 128 Å². The van der Waals surface area contributed by atoms with Crippen LogP contribution in [0.2, 0.25) is 10.0 Å². The standard InChI is InChI=1S/C16H16Cl2FN/c1-2-16(20,12-4-3-5-14(19)9-12)10-11-8-13(17)6-7-15(11)18/h3-9H,2,10,20H2,1H3. The van der Waals surface area contributed by atoms with Crippen LogP contribution in [0.15, 0.2) is 42.5 Å². The normalized spacial score (nSPS) is 14.1. The van der Waals surface area contributed by atoms with Gasteiger partial charge in [-0.05, 0) is 54.3 Å². The lowest BCUT2D eigenvalue weighted by Gasteiger charge is -2.29. The Kier molecular flexibility index (Phi) is 4.69. The minimum Gasteiger partial charge on any atom is -0.321 e. The second-order valence-corrected chi connectivity index (χ2v) is 5.78. The Morgan fingerprint density at radius 3 is 2.55 bits per heavy atom. The van der Waals surface area contributed by atoms with E-state index in [0.717, 1.165) is 11.1 Å². The van der Waals surface area contributed by atoms with E-state index in [9.17, 15) is 4.39 Å². The monoisotopic (exact) mass is 311 g/mol. The van der Waals surface area contributed by atoms with Crippen LogP contribution >= 0.6 is 23.2 Å². The van der Waals surface area contributed by atoms with E-state index >= 15 is 0 Å². The first kappa shape index (κ1) is 15.3. The van der Waals surface area contributed by atoms with Crippen molar-refractivity contribution >= 4 is 23.2 Å². The number of halogens is 3. The molecule has 1 nitrogen and oxygen atoms in total. The summed E-state index contributed by atoms with van der Waals surface area (Å²) in [5.74, 6) is -0.289. The third-order valence-electron chi connectivity index (χ3n) is 3.54. The van der Waals surface area contributed by atoms with Crippen molar-refractivity contribution in [3.63, 3.8) is 0 Å². The van der Waals surface area contributed by atoms with Crippen LogP contribution in [0.5, 0.6) is 0 Å². The summed E-state index contributed by atoms with van der Waals surface area (Å²) in [6, 6.07) is 11.7. The lowest BCUT2D eigenvalue weighted by Crippen LogP contribution is -2.38. The van der Waals surface area contributed by atoms with Gasteiger partial charge in [-0.3, -0.25) is 0 Å². The molecule has 0 spiro atoms. The molecule has 106 valence electrons. The van der Waals surface area contributed by atoms with E-state index in [-0.39, 0.29) is 5.82 Å². The topological polar surface area (TPSA) is 26.0 Å². The molecule has 0 aliphatic carbocycles.